The number of ether oxygens (including phenoxy) is 1. The summed E-state index contributed by atoms with van der Waals surface area (Å²) in [5, 5.41) is 3.06. The Balaban J connectivity index is 1.72. The molecule has 24 heavy (non-hydrogen) atoms. The molecule has 0 saturated carbocycles. The normalized spacial score (nSPS) is 15.8. The van der Waals surface area contributed by atoms with Gasteiger partial charge in [0.05, 0.1) is 19.3 Å². The standard InChI is InChI=1S/C18H22N4O2/c1-2-16(14-3-6-19-7-4-14)21-18(23)17-13-15(5-8-20-17)22-9-11-24-12-10-22/h3-8,13,16H,2,9-12H2,1H3,(H,21,23)/t16-/m1/s1. The van der Waals surface area contributed by atoms with Crippen LogP contribution in [0.2, 0.25) is 0 Å². The fourth-order valence-corrected chi connectivity index (χ4v) is 2.81. The maximum absolute atomic E-state index is 12.6. The number of rotatable bonds is 5. The number of nitrogens with one attached hydrogen (secondary N) is 1. The lowest BCUT2D eigenvalue weighted by Gasteiger charge is -2.29. The van der Waals surface area contributed by atoms with Crippen LogP contribution in [0.25, 0.3) is 0 Å². The Morgan fingerprint density at radius 3 is 2.71 bits per heavy atom. The third kappa shape index (κ3) is 3.89. The molecule has 126 valence electrons. The fourth-order valence-electron chi connectivity index (χ4n) is 2.81. The number of carbonyl (C=O) groups excluding carboxylic acids is 1. The maximum atomic E-state index is 12.6. The van der Waals surface area contributed by atoms with Crippen molar-refractivity contribution in [2.45, 2.75) is 19.4 Å². The van der Waals surface area contributed by atoms with Crippen molar-refractivity contribution in [1.82, 2.24) is 15.3 Å². The molecule has 6 nitrogen and oxygen atoms in total. The van der Waals surface area contributed by atoms with Crippen LogP contribution in [-0.2, 0) is 4.74 Å². The van der Waals surface area contributed by atoms with Crippen LogP contribution in [0, 0.1) is 0 Å². The highest BCUT2D eigenvalue weighted by molar-refractivity contribution is 5.93. The van der Waals surface area contributed by atoms with E-state index in [0.717, 1.165) is 30.8 Å². The predicted molar refractivity (Wildman–Crippen MR) is 92.0 cm³/mol. The van der Waals surface area contributed by atoms with E-state index in [1.165, 1.54) is 0 Å². The zero-order valence-corrected chi connectivity index (χ0v) is 13.8. The first-order valence-electron chi connectivity index (χ1n) is 8.27. The Hall–Kier alpha value is -2.47. The summed E-state index contributed by atoms with van der Waals surface area (Å²) in [4.78, 5) is 23.1. The number of morpholine rings is 1. The Morgan fingerprint density at radius 1 is 1.25 bits per heavy atom. The number of pyridine rings is 2. The molecule has 0 spiro atoms. The van der Waals surface area contributed by atoms with Crippen LogP contribution in [0.4, 0.5) is 5.69 Å². The molecule has 0 aliphatic carbocycles. The molecule has 1 aliphatic heterocycles. The predicted octanol–water partition coefficient (Wildman–Crippen LogP) is 2.19. The van der Waals surface area contributed by atoms with Crippen LogP contribution >= 0.6 is 0 Å². The van der Waals surface area contributed by atoms with Gasteiger partial charge in [0.25, 0.3) is 5.91 Å². The lowest BCUT2D eigenvalue weighted by Crippen LogP contribution is -2.36. The molecule has 3 heterocycles. The largest absolute Gasteiger partial charge is 0.378 e. The van der Waals surface area contributed by atoms with E-state index in [2.05, 4.69) is 20.2 Å². The van der Waals surface area contributed by atoms with Crippen LogP contribution in [0.1, 0.15) is 35.4 Å². The highest BCUT2D eigenvalue weighted by Crippen LogP contribution is 2.18. The van der Waals surface area contributed by atoms with Gasteiger partial charge in [0.15, 0.2) is 0 Å². The molecule has 0 unspecified atom stereocenters. The molecule has 2 aromatic rings. The first-order valence-corrected chi connectivity index (χ1v) is 8.27. The van der Waals surface area contributed by atoms with E-state index in [-0.39, 0.29) is 11.9 Å². The van der Waals surface area contributed by atoms with E-state index in [1.807, 2.05) is 31.2 Å². The van der Waals surface area contributed by atoms with E-state index in [1.54, 1.807) is 18.6 Å². The third-order valence-electron chi connectivity index (χ3n) is 4.17. The van der Waals surface area contributed by atoms with Gasteiger partial charge >= 0.3 is 0 Å². The number of hydrogen-bond donors (Lipinski definition) is 1. The van der Waals surface area contributed by atoms with Crippen LogP contribution < -0.4 is 10.2 Å². The van der Waals surface area contributed by atoms with Crippen molar-refractivity contribution in [1.29, 1.82) is 0 Å². The second-order valence-electron chi connectivity index (χ2n) is 5.71. The topological polar surface area (TPSA) is 67.4 Å². The molecule has 2 aromatic heterocycles. The Morgan fingerprint density at radius 2 is 2.00 bits per heavy atom. The van der Waals surface area contributed by atoms with E-state index < -0.39 is 0 Å². The minimum atomic E-state index is -0.159. The van der Waals surface area contributed by atoms with Crippen molar-refractivity contribution in [3.63, 3.8) is 0 Å². The molecule has 1 amide bonds. The summed E-state index contributed by atoms with van der Waals surface area (Å²) in [6.45, 7) is 5.13. The van der Waals surface area contributed by atoms with Crippen LogP contribution in [-0.4, -0.2) is 42.2 Å². The fraction of sp³-hybridized carbons (Fsp3) is 0.389. The quantitative estimate of drug-likeness (QED) is 0.912. The molecule has 6 heteroatoms. The number of amides is 1. The lowest BCUT2D eigenvalue weighted by molar-refractivity contribution is 0.0930. The summed E-state index contributed by atoms with van der Waals surface area (Å²) < 4.78 is 5.37. The molecule has 0 aromatic carbocycles. The van der Waals surface area contributed by atoms with Gasteiger partial charge in [0.1, 0.15) is 5.69 Å². The third-order valence-corrected chi connectivity index (χ3v) is 4.17. The molecule has 1 N–H and O–H groups in total. The van der Waals surface area contributed by atoms with Crippen molar-refractivity contribution in [3.8, 4) is 0 Å². The monoisotopic (exact) mass is 326 g/mol. The average Bonchev–Trinajstić information content (AvgIpc) is 2.67. The van der Waals surface area contributed by atoms with Crippen molar-refractivity contribution >= 4 is 11.6 Å². The zero-order chi connectivity index (χ0) is 16.8. The Kier molecular flexibility index (Phi) is 5.38. The molecular weight excluding hydrogens is 304 g/mol. The van der Waals surface area contributed by atoms with E-state index in [4.69, 9.17) is 4.74 Å². The van der Waals surface area contributed by atoms with Gasteiger partial charge in [0.2, 0.25) is 0 Å². The van der Waals surface area contributed by atoms with Crippen LogP contribution in [0.15, 0.2) is 42.9 Å². The highest BCUT2D eigenvalue weighted by atomic mass is 16.5. The first-order chi connectivity index (χ1) is 11.8. The number of anilines is 1. The number of nitrogens with zero attached hydrogens (tertiary/aromatic N) is 3. The van der Waals surface area contributed by atoms with E-state index >= 15 is 0 Å². The second kappa shape index (κ2) is 7.88. The van der Waals surface area contributed by atoms with Crippen molar-refractivity contribution in [3.05, 3.63) is 54.1 Å². The summed E-state index contributed by atoms with van der Waals surface area (Å²) >= 11 is 0. The molecule has 0 bridgehead atoms. The first kappa shape index (κ1) is 16.4. The summed E-state index contributed by atoms with van der Waals surface area (Å²) in [6, 6.07) is 7.58. The molecule has 1 saturated heterocycles. The van der Waals surface area contributed by atoms with Crippen molar-refractivity contribution < 1.29 is 9.53 Å². The van der Waals surface area contributed by atoms with E-state index in [0.29, 0.717) is 18.9 Å². The molecule has 3 rings (SSSR count). The number of hydrogen-bond acceptors (Lipinski definition) is 5. The second-order valence-corrected chi connectivity index (χ2v) is 5.71. The molecule has 1 atom stereocenters. The number of carbonyl (C=O) groups is 1. The van der Waals surface area contributed by atoms with Crippen LogP contribution in [0.5, 0.6) is 0 Å². The number of aromatic nitrogens is 2. The molecule has 1 aliphatic rings. The van der Waals surface area contributed by atoms with Gasteiger partial charge in [-0.05, 0) is 36.2 Å². The van der Waals surface area contributed by atoms with Crippen LogP contribution in [0.3, 0.4) is 0 Å². The summed E-state index contributed by atoms with van der Waals surface area (Å²) in [7, 11) is 0. The van der Waals surface area contributed by atoms with Gasteiger partial charge in [-0.15, -0.1) is 0 Å². The molecule has 1 fully saturated rings. The zero-order valence-electron chi connectivity index (χ0n) is 13.8. The highest BCUT2D eigenvalue weighted by Gasteiger charge is 2.17. The minimum Gasteiger partial charge on any atom is -0.378 e. The van der Waals surface area contributed by atoms with Gasteiger partial charge in [-0.1, -0.05) is 6.92 Å². The van der Waals surface area contributed by atoms with Crippen molar-refractivity contribution in [2.75, 3.05) is 31.2 Å². The summed E-state index contributed by atoms with van der Waals surface area (Å²) in [5.41, 5.74) is 2.49. The summed E-state index contributed by atoms with van der Waals surface area (Å²) in [5.74, 6) is -0.159. The van der Waals surface area contributed by atoms with Gasteiger partial charge < -0.3 is 15.0 Å². The van der Waals surface area contributed by atoms with Gasteiger partial charge in [-0.3, -0.25) is 14.8 Å². The van der Waals surface area contributed by atoms with Gasteiger partial charge in [-0.2, -0.15) is 0 Å². The Labute approximate surface area is 141 Å². The molecular formula is C18H22N4O2. The minimum absolute atomic E-state index is 0.0469. The van der Waals surface area contributed by atoms with Gasteiger partial charge in [-0.25, -0.2) is 0 Å². The lowest BCUT2D eigenvalue weighted by atomic mass is 10.1. The average molecular weight is 326 g/mol. The maximum Gasteiger partial charge on any atom is 0.270 e. The van der Waals surface area contributed by atoms with Gasteiger partial charge in [0, 0.05) is 37.4 Å². The Bertz CT molecular complexity index is 672. The molecule has 0 radical (unpaired) electrons. The van der Waals surface area contributed by atoms with E-state index in [9.17, 15) is 4.79 Å². The SMILES string of the molecule is CC[C@@H](NC(=O)c1cc(N2CCOCC2)ccn1)c1ccncc1. The van der Waals surface area contributed by atoms with Crippen molar-refractivity contribution in [2.24, 2.45) is 0 Å². The smallest absolute Gasteiger partial charge is 0.270 e. The summed E-state index contributed by atoms with van der Waals surface area (Å²) in [6.07, 6.45) is 5.97.